The first-order valence-electron chi connectivity index (χ1n) is 7.42. The fourth-order valence-corrected chi connectivity index (χ4v) is 2.44. The van der Waals surface area contributed by atoms with Gasteiger partial charge in [-0.25, -0.2) is 0 Å². The SMILES string of the molecule is CCCCC1CC1C#CCCCc1ccccc1. The molecule has 1 aliphatic rings. The van der Waals surface area contributed by atoms with Gasteiger partial charge in [0.25, 0.3) is 0 Å². The Morgan fingerprint density at radius 3 is 2.78 bits per heavy atom. The van der Waals surface area contributed by atoms with Gasteiger partial charge in [0.1, 0.15) is 0 Å². The zero-order valence-electron chi connectivity index (χ0n) is 11.5. The number of hydrogen-bond donors (Lipinski definition) is 0. The Bertz CT molecular complexity index is 393. The van der Waals surface area contributed by atoms with E-state index >= 15 is 0 Å². The first-order valence-corrected chi connectivity index (χ1v) is 7.42. The highest BCUT2D eigenvalue weighted by Gasteiger charge is 2.34. The molecule has 96 valence electrons. The predicted molar refractivity (Wildman–Crippen MR) is 78.3 cm³/mol. The van der Waals surface area contributed by atoms with Gasteiger partial charge in [0.15, 0.2) is 0 Å². The molecular formula is C18H24. The summed E-state index contributed by atoms with van der Waals surface area (Å²) < 4.78 is 0. The molecule has 0 saturated heterocycles. The van der Waals surface area contributed by atoms with E-state index in [-0.39, 0.29) is 0 Å². The maximum Gasteiger partial charge on any atom is 0.0234 e. The molecule has 0 heteroatoms. The molecule has 0 N–H and O–H groups in total. The minimum Gasteiger partial charge on any atom is -0.103 e. The molecule has 0 heterocycles. The van der Waals surface area contributed by atoms with Crippen LogP contribution in [0.25, 0.3) is 0 Å². The largest absolute Gasteiger partial charge is 0.103 e. The summed E-state index contributed by atoms with van der Waals surface area (Å²) in [6, 6.07) is 10.7. The highest BCUT2D eigenvalue weighted by molar-refractivity contribution is 5.16. The summed E-state index contributed by atoms with van der Waals surface area (Å²) in [4.78, 5) is 0. The lowest BCUT2D eigenvalue weighted by atomic mass is 10.1. The van der Waals surface area contributed by atoms with Gasteiger partial charge in [0.2, 0.25) is 0 Å². The van der Waals surface area contributed by atoms with Crippen LogP contribution >= 0.6 is 0 Å². The van der Waals surface area contributed by atoms with Crippen molar-refractivity contribution in [2.24, 2.45) is 11.8 Å². The van der Waals surface area contributed by atoms with E-state index in [0.29, 0.717) is 0 Å². The lowest BCUT2D eigenvalue weighted by molar-refractivity contribution is 0.637. The van der Waals surface area contributed by atoms with Crippen LogP contribution in [0.1, 0.15) is 51.0 Å². The third-order valence-corrected chi connectivity index (χ3v) is 3.75. The van der Waals surface area contributed by atoms with Crippen LogP contribution in [0, 0.1) is 23.7 Å². The lowest BCUT2D eigenvalue weighted by Gasteiger charge is -1.96. The van der Waals surface area contributed by atoms with E-state index in [1.807, 2.05) is 0 Å². The molecule has 18 heavy (non-hydrogen) atoms. The molecule has 1 aromatic carbocycles. The van der Waals surface area contributed by atoms with Gasteiger partial charge in [-0.3, -0.25) is 0 Å². The Balaban J connectivity index is 1.57. The fraction of sp³-hybridized carbons (Fsp3) is 0.556. The van der Waals surface area contributed by atoms with Crippen LogP contribution in [0.15, 0.2) is 30.3 Å². The number of aryl methyl sites for hydroxylation is 1. The van der Waals surface area contributed by atoms with E-state index in [1.165, 1.54) is 44.1 Å². The molecule has 0 nitrogen and oxygen atoms in total. The van der Waals surface area contributed by atoms with E-state index in [4.69, 9.17) is 0 Å². The zero-order valence-corrected chi connectivity index (χ0v) is 11.5. The Morgan fingerprint density at radius 2 is 2.00 bits per heavy atom. The highest BCUT2D eigenvalue weighted by Crippen LogP contribution is 2.41. The summed E-state index contributed by atoms with van der Waals surface area (Å²) in [5.74, 6) is 8.51. The Labute approximate surface area is 112 Å². The van der Waals surface area contributed by atoms with Crippen molar-refractivity contribution in [1.29, 1.82) is 0 Å². The summed E-state index contributed by atoms with van der Waals surface area (Å²) in [5, 5.41) is 0. The topological polar surface area (TPSA) is 0 Å². The second-order valence-electron chi connectivity index (χ2n) is 5.40. The molecule has 1 saturated carbocycles. The van der Waals surface area contributed by atoms with E-state index in [9.17, 15) is 0 Å². The lowest BCUT2D eigenvalue weighted by Crippen LogP contribution is -1.84. The molecule has 2 rings (SSSR count). The molecule has 1 aromatic rings. The van der Waals surface area contributed by atoms with E-state index in [2.05, 4.69) is 49.1 Å². The van der Waals surface area contributed by atoms with Crippen molar-refractivity contribution >= 4 is 0 Å². The molecule has 1 aliphatic carbocycles. The Hall–Kier alpha value is -1.22. The molecule has 0 radical (unpaired) electrons. The van der Waals surface area contributed by atoms with E-state index < -0.39 is 0 Å². The Kier molecular flexibility index (Phi) is 5.34. The molecule has 1 fully saturated rings. The molecule has 2 atom stereocenters. The van der Waals surface area contributed by atoms with Gasteiger partial charge in [0, 0.05) is 12.3 Å². The summed E-state index contributed by atoms with van der Waals surface area (Å²) >= 11 is 0. The number of hydrogen-bond acceptors (Lipinski definition) is 0. The molecular weight excluding hydrogens is 216 g/mol. The Morgan fingerprint density at radius 1 is 1.17 bits per heavy atom. The van der Waals surface area contributed by atoms with Crippen molar-refractivity contribution in [3.63, 3.8) is 0 Å². The first kappa shape index (κ1) is 13.2. The quantitative estimate of drug-likeness (QED) is 0.493. The van der Waals surface area contributed by atoms with Crippen LogP contribution < -0.4 is 0 Å². The van der Waals surface area contributed by atoms with Crippen molar-refractivity contribution in [2.75, 3.05) is 0 Å². The minimum absolute atomic E-state index is 0.744. The van der Waals surface area contributed by atoms with Crippen LogP contribution in [-0.2, 0) is 6.42 Å². The van der Waals surface area contributed by atoms with Crippen molar-refractivity contribution < 1.29 is 0 Å². The maximum atomic E-state index is 3.45. The minimum atomic E-state index is 0.744. The third-order valence-electron chi connectivity index (χ3n) is 3.75. The normalized spacial score (nSPS) is 21.2. The van der Waals surface area contributed by atoms with Crippen LogP contribution in [-0.4, -0.2) is 0 Å². The van der Waals surface area contributed by atoms with Crippen molar-refractivity contribution in [1.82, 2.24) is 0 Å². The van der Waals surface area contributed by atoms with Gasteiger partial charge in [0.05, 0.1) is 0 Å². The number of benzene rings is 1. The van der Waals surface area contributed by atoms with Gasteiger partial charge < -0.3 is 0 Å². The highest BCUT2D eigenvalue weighted by atomic mass is 14.4. The number of rotatable bonds is 6. The van der Waals surface area contributed by atoms with Crippen LogP contribution in [0.2, 0.25) is 0 Å². The fourth-order valence-electron chi connectivity index (χ4n) is 2.44. The molecule has 0 amide bonds. The van der Waals surface area contributed by atoms with Gasteiger partial charge in [-0.1, -0.05) is 56.0 Å². The van der Waals surface area contributed by atoms with Gasteiger partial charge in [-0.15, -0.1) is 5.92 Å². The molecule has 0 aliphatic heterocycles. The van der Waals surface area contributed by atoms with Crippen LogP contribution in [0.3, 0.4) is 0 Å². The maximum absolute atomic E-state index is 3.45. The molecule has 0 bridgehead atoms. The smallest absolute Gasteiger partial charge is 0.0234 e. The summed E-state index contributed by atoms with van der Waals surface area (Å²) in [6.07, 6.45) is 8.91. The van der Waals surface area contributed by atoms with E-state index in [0.717, 1.165) is 18.3 Å². The number of unbranched alkanes of at least 4 members (excludes halogenated alkanes) is 2. The second kappa shape index (κ2) is 7.27. The summed E-state index contributed by atoms with van der Waals surface area (Å²) in [7, 11) is 0. The first-order chi connectivity index (χ1) is 8.90. The van der Waals surface area contributed by atoms with Crippen LogP contribution in [0.5, 0.6) is 0 Å². The van der Waals surface area contributed by atoms with Gasteiger partial charge in [-0.05, 0) is 37.2 Å². The zero-order chi connectivity index (χ0) is 12.6. The second-order valence-corrected chi connectivity index (χ2v) is 5.40. The summed E-state index contributed by atoms with van der Waals surface area (Å²) in [5.41, 5.74) is 1.44. The monoisotopic (exact) mass is 240 g/mol. The van der Waals surface area contributed by atoms with Gasteiger partial charge >= 0.3 is 0 Å². The van der Waals surface area contributed by atoms with Crippen molar-refractivity contribution in [2.45, 2.75) is 51.9 Å². The third kappa shape index (κ3) is 4.57. The molecule has 0 spiro atoms. The summed E-state index contributed by atoms with van der Waals surface area (Å²) in [6.45, 7) is 2.27. The average Bonchev–Trinajstić information content (AvgIpc) is 3.16. The standard InChI is InChI=1S/C18H24/c1-2-3-13-17-15-18(17)14-9-5-8-12-16-10-6-4-7-11-16/h4,6-7,10-11,17-18H,2-3,5,8,12-13,15H2,1H3. The van der Waals surface area contributed by atoms with E-state index in [1.54, 1.807) is 0 Å². The van der Waals surface area contributed by atoms with Crippen LogP contribution in [0.4, 0.5) is 0 Å². The van der Waals surface area contributed by atoms with Crippen molar-refractivity contribution in [3.8, 4) is 11.8 Å². The average molecular weight is 240 g/mol. The van der Waals surface area contributed by atoms with Crippen molar-refractivity contribution in [3.05, 3.63) is 35.9 Å². The predicted octanol–water partition coefficient (Wildman–Crippen LogP) is 4.84. The molecule has 2 unspecified atom stereocenters. The van der Waals surface area contributed by atoms with Gasteiger partial charge in [-0.2, -0.15) is 0 Å². The molecule has 0 aromatic heterocycles.